The van der Waals surface area contributed by atoms with Crippen molar-refractivity contribution in [2.75, 3.05) is 25.5 Å². The van der Waals surface area contributed by atoms with Crippen LogP contribution in [-0.4, -0.2) is 36.9 Å². The average molecular weight is 389 g/mol. The van der Waals surface area contributed by atoms with E-state index >= 15 is 0 Å². The van der Waals surface area contributed by atoms with E-state index in [0.29, 0.717) is 6.54 Å². The van der Waals surface area contributed by atoms with Crippen LogP contribution in [0.4, 0.5) is 5.69 Å². The van der Waals surface area contributed by atoms with Crippen molar-refractivity contribution in [3.63, 3.8) is 0 Å². The summed E-state index contributed by atoms with van der Waals surface area (Å²) in [6.45, 7) is 4.73. The second-order valence-corrected chi connectivity index (χ2v) is 7.45. The second kappa shape index (κ2) is 9.34. The molecule has 5 nitrogen and oxygen atoms in total. The Morgan fingerprint density at radius 3 is 2.28 bits per heavy atom. The second-order valence-electron chi connectivity index (χ2n) is 7.45. The van der Waals surface area contributed by atoms with Crippen molar-refractivity contribution in [1.82, 2.24) is 10.2 Å². The van der Waals surface area contributed by atoms with E-state index in [1.807, 2.05) is 56.1 Å². The van der Waals surface area contributed by atoms with Crippen molar-refractivity contribution >= 4 is 28.3 Å². The fourth-order valence-electron chi connectivity index (χ4n) is 3.38. The van der Waals surface area contributed by atoms with Gasteiger partial charge in [0, 0.05) is 12.2 Å². The standard InChI is InChI=1S/C24H27N3O2/c1-17-7-6-8-18(2)24(17)26-22(28)14-25-23(29)16-27(3)15-19-11-12-20-9-4-5-10-21(20)13-19/h4-13H,14-16H2,1-3H3,(H,25,29)(H,26,28). The summed E-state index contributed by atoms with van der Waals surface area (Å²) in [7, 11) is 1.89. The molecule has 0 bridgehead atoms. The lowest BCUT2D eigenvalue weighted by atomic mass is 10.1. The highest BCUT2D eigenvalue weighted by atomic mass is 16.2. The van der Waals surface area contributed by atoms with Gasteiger partial charge in [0.1, 0.15) is 0 Å². The molecule has 150 valence electrons. The maximum Gasteiger partial charge on any atom is 0.243 e. The maximum absolute atomic E-state index is 12.2. The van der Waals surface area contributed by atoms with Crippen molar-refractivity contribution in [1.29, 1.82) is 0 Å². The van der Waals surface area contributed by atoms with Gasteiger partial charge < -0.3 is 10.6 Å². The summed E-state index contributed by atoms with van der Waals surface area (Å²) in [5.74, 6) is -0.405. The van der Waals surface area contributed by atoms with Gasteiger partial charge in [0.2, 0.25) is 11.8 Å². The number of rotatable bonds is 7. The number of hydrogen-bond donors (Lipinski definition) is 2. The first-order chi connectivity index (χ1) is 13.9. The molecule has 2 N–H and O–H groups in total. The summed E-state index contributed by atoms with van der Waals surface area (Å²) in [6, 6.07) is 20.4. The van der Waals surface area contributed by atoms with Crippen molar-refractivity contribution in [3.8, 4) is 0 Å². The fourth-order valence-corrected chi connectivity index (χ4v) is 3.38. The van der Waals surface area contributed by atoms with Crippen LogP contribution in [0.2, 0.25) is 0 Å². The van der Waals surface area contributed by atoms with Crippen molar-refractivity contribution in [2.45, 2.75) is 20.4 Å². The van der Waals surface area contributed by atoms with E-state index in [-0.39, 0.29) is 24.9 Å². The number of nitrogens with one attached hydrogen (secondary N) is 2. The molecule has 0 aliphatic heterocycles. The third-order valence-corrected chi connectivity index (χ3v) is 4.87. The van der Waals surface area contributed by atoms with E-state index in [2.05, 4.69) is 41.0 Å². The normalized spacial score (nSPS) is 10.9. The van der Waals surface area contributed by atoms with Crippen LogP contribution in [0.5, 0.6) is 0 Å². The molecule has 0 unspecified atom stereocenters. The van der Waals surface area contributed by atoms with Crippen LogP contribution in [-0.2, 0) is 16.1 Å². The first kappa shape index (κ1) is 20.6. The molecular formula is C24H27N3O2. The van der Waals surface area contributed by atoms with Crippen LogP contribution >= 0.6 is 0 Å². The fraction of sp³-hybridized carbons (Fsp3) is 0.250. The third-order valence-electron chi connectivity index (χ3n) is 4.87. The van der Waals surface area contributed by atoms with Crippen molar-refractivity contribution in [3.05, 3.63) is 77.4 Å². The van der Waals surface area contributed by atoms with E-state index < -0.39 is 0 Å². The molecular weight excluding hydrogens is 362 g/mol. The van der Waals surface area contributed by atoms with Crippen molar-refractivity contribution < 1.29 is 9.59 Å². The Morgan fingerprint density at radius 2 is 1.55 bits per heavy atom. The highest BCUT2D eigenvalue weighted by molar-refractivity contribution is 5.95. The van der Waals surface area contributed by atoms with Crippen LogP contribution < -0.4 is 10.6 Å². The zero-order chi connectivity index (χ0) is 20.8. The molecule has 0 saturated carbocycles. The molecule has 0 aromatic heterocycles. The summed E-state index contributed by atoms with van der Waals surface area (Å²) in [6.07, 6.45) is 0. The zero-order valence-corrected chi connectivity index (χ0v) is 17.2. The molecule has 0 atom stereocenters. The predicted octanol–water partition coefficient (Wildman–Crippen LogP) is 3.64. The summed E-state index contributed by atoms with van der Waals surface area (Å²) >= 11 is 0. The monoisotopic (exact) mass is 389 g/mol. The van der Waals surface area contributed by atoms with Crippen LogP contribution in [0.3, 0.4) is 0 Å². The quantitative estimate of drug-likeness (QED) is 0.649. The van der Waals surface area contributed by atoms with Gasteiger partial charge in [-0.15, -0.1) is 0 Å². The van der Waals surface area contributed by atoms with Gasteiger partial charge in [-0.25, -0.2) is 0 Å². The molecule has 0 heterocycles. The van der Waals surface area contributed by atoms with Crippen LogP contribution in [0.25, 0.3) is 10.8 Å². The molecule has 0 spiro atoms. The lowest BCUT2D eigenvalue weighted by molar-refractivity contribution is -0.124. The molecule has 5 heteroatoms. The minimum Gasteiger partial charge on any atom is -0.346 e. The molecule has 0 aliphatic rings. The van der Waals surface area contributed by atoms with E-state index in [4.69, 9.17) is 0 Å². The van der Waals surface area contributed by atoms with E-state index in [1.165, 1.54) is 10.8 Å². The topological polar surface area (TPSA) is 61.4 Å². The maximum atomic E-state index is 12.2. The molecule has 2 amide bonds. The zero-order valence-electron chi connectivity index (χ0n) is 17.2. The number of carbonyl (C=O) groups excluding carboxylic acids is 2. The minimum absolute atomic E-state index is 0.0452. The molecule has 0 fully saturated rings. The Hall–Kier alpha value is -3.18. The highest BCUT2D eigenvalue weighted by Gasteiger charge is 2.11. The molecule has 0 aliphatic carbocycles. The van der Waals surface area contributed by atoms with Gasteiger partial charge in [-0.1, -0.05) is 54.6 Å². The summed E-state index contributed by atoms with van der Waals surface area (Å²) in [5, 5.41) is 7.96. The average Bonchev–Trinajstić information content (AvgIpc) is 2.69. The van der Waals surface area contributed by atoms with E-state index in [0.717, 1.165) is 22.4 Å². The van der Waals surface area contributed by atoms with E-state index in [1.54, 1.807) is 0 Å². The Balaban J connectivity index is 1.47. The Bertz CT molecular complexity index is 1010. The van der Waals surface area contributed by atoms with Gasteiger partial charge >= 0.3 is 0 Å². The number of para-hydroxylation sites is 1. The summed E-state index contributed by atoms with van der Waals surface area (Å²) < 4.78 is 0. The number of aryl methyl sites for hydroxylation is 2. The van der Waals surface area contributed by atoms with Gasteiger partial charge in [-0.05, 0) is 54.4 Å². The SMILES string of the molecule is Cc1cccc(C)c1NC(=O)CNC(=O)CN(C)Cc1ccc2ccccc2c1. The summed E-state index contributed by atoms with van der Waals surface area (Å²) in [5.41, 5.74) is 3.95. The molecule has 0 saturated heterocycles. The highest BCUT2D eigenvalue weighted by Crippen LogP contribution is 2.19. The first-order valence-corrected chi connectivity index (χ1v) is 9.71. The number of amides is 2. The number of likely N-dealkylation sites (N-methyl/N-ethyl adjacent to an activating group) is 1. The van der Waals surface area contributed by atoms with Gasteiger partial charge in [-0.3, -0.25) is 14.5 Å². The Labute approximate surface area is 171 Å². The number of carbonyl (C=O) groups is 2. The number of anilines is 1. The smallest absolute Gasteiger partial charge is 0.243 e. The molecule has 3 aromatic rings. The van der Waals surface area contributed by atoms with Crippen LogP contribution in [0.1, 0.15) is 16.7 Å². The molecule has 29 heavy (non-hydrogen) atoms. The lowest BCUT2D eigenvalue weighted by Crippen LogP contribution is -2.39. The van der Waals surface area contributed by atoms with E-state index in [9.17, 15) is 9.59 Å². The van der Waals surface area contributed by atoms with Gasteiger partial charge in [0.05, 0.1) is 13.1 Å². The largest absolute Gasteiger partial charge is 0.346 e. The van der Waals surface area contributed by atoms with Gasteiger partial charge in [0.15, 0.2) is 0 Å². The number of fused-ring (bicyclic) bond motifs is 1. The predicted molar refractivity (Wildman–Crippen MR) is 118 cm³/mol. The Kier molecular flexibility index (Phi) is 6.62. The lowest BCUT2D eigenvalue weighted by Gasteiger charge is -2.17. The third kappa shape index (κ3) is 5.65. The number of benzene rings is 3. The molecule has 0 radical (unpaired) electrons. The van der Waals surface area contributed by atoms with Crippen LogP contribution in [0, 0.1) is 13.8 Å². The minimum atomic E-state index is -0.229. The number of nitrogens with zero attached hydrogens (tertiary/aromatic N) is 1. The van der Waals surface area contributed by atoms with Gasteiger partial charge in [-0.2, -0.15) is 0 Å². The Morgan fingerprint density at radius 1 is 0.862 bits per heavy atom. The number of hydrogen-bond acceptors (Lipinski definition) is 3. The first-order valence-electron chi connectivity index (χ1n) is 9.71. The molecule has 3 rings (SSSR count). The van der Waals surface area contributed by atoms with Crippen molar-refractivity contribution in [2.24, 2.45) is 0 Å². The van der Waals surface area contributed by atoms with Gasteiger partial charge in [0.25, 0.3) is 0 Å². The van der Waals surface area contributed by atoms with Crippen LogP contribution in [0.15, 0.2) is 60.7 Å². The molecule has 3 aromatic carbocycles. The summed E-state index contributed by atoms with van der Waals surface area (Å²) in [4.78, 5) is 26.3.